The summed E-state index contributed by atoms with van der Waals surface area (Å²) < 4.78 is 5.89. The minimum atomic E-state index is -0.813. The number of ether oxygens (including phenoxy) is 1. The molecule has 8 heteroatoms. The van der Waals surface area contributed by atoms with Crippen LogP contribution in [-0.2, 0) is 28.9 Å². The largest absolute Gasteiger partial charge is 0.450 e. The number of nitrogens with one attached hydrogen (secondary N) is 1. The Morgan fingerprint density at radius 3 is 3.04 bits per heavy atom. The second kappa shape index (κ2) is 6.72. The number of carbonyl (C=O) groups is 2. The molecule has 0 saturated carbocycles. The lowest BCUT2D eigenvalue weighted by molar-refractivity contribution is -0.121. The summed E-state index contributed by atoms with van der Waals surface area (Å²) in [6, 6.07) is 0. The Labute approximate surface area is 142 Å². The van der Waals surface area contributed by atoms with Crippen molar-refractivity contribution in [1.82, 2.24) is 14.9 Å². The number of hydrogen-bond acceptors (Lipinski definition) is 6. The maximum Gasteiger partial charge on any atom is 0.413 e. The van der Waals surface area contributed by atoms with E-state index >= 15 is 0 Å². The Kier molecular flexibility index (Phi) is 4.66. The first kappa shape index (κ1) is 16.6. The van der Waals surface area contributed by atoms with Crippen LogP contribution < -0.4 is 10.9 Å². The van der Waals surface area contributed by atoms with Crippen molar-refractivity contribution in [2.24, 2.45) is 5.92 Å². The second-order valence-corrected chi connectivity index (χ2v) is 7.06. The van der Waals surface area contributed by atoms with E-state index in [1.54, 1.807) is 18.3 Å². The lowest BCUT2D eigenvalue weighted by Gasteiger charge is -2.17. The molecule has 0 aliphatic heterocycles. The third-order valence-electron chi connectivity index (χ3n) is 4.11. The lowest BCUT2D eigenvalue weighted by Crippen LogP contribution is -2.36. The van der Waals surface area contributed by atoms with Crippen LogP contribution >= 0.6 is 11.3 Å². The van der Waals surface area contributed by atoms with Crippen LogP contribution in [0.25, 0.3) is 10.2 Å². The molecule has 0 bridgehead atoms. The van der Waals surface area contributed by atoms with Gasteiger partial charge in [0.15, 0.2) is 0 Å². The van der Waals surface area contributed by atoms with Crippen molar-refractivity contribution in [3.63, 3.8) is 0 Å². The van der Waals surface area contributed by atoms with Gasteiger partial charge in [-0.3, -0.25) is 19.5 Å². The average Bonchev–Trinajstić information content (AvgIpc) is 2.88. The first-order valence-electron chi connectivity index (χ1n) is 7.95. The zero-order chi connectivity index (χ0) is 17.3. The van der Waals surface area contributed by atoms with E-state index < -0.39 is 12.0 Å². The Morgan fingerprint density at radius 1 is 1.50 bits per heavy atom. The molecule has 24 heavy (non-hydrogen) atoms. The maximum atomic E-state index is 12.7. The molecule has 0 saturated heterocycles. The van der Waals surface area contributed by atoms with Gasteiger partial charge in [-0.05, 0) is 37.7 Å². The van der Waals surface area contributed by atoms with Gasteiger partial charge < -0.3 is 4.74 Å². The molecule has 128 valence electrons. The number of alkyl carbamates (subject to hydrolysis) is 1. The Hall–Kier alpha value is -2.22. The molecule has 2 amide bonds. The number of amides is 2. The average molecular weight is 349 g/mol. The summed E-state index contributed by atoms with van der Waals surface area (Å²) in [5.41, 5.74) is 0.844. The Bertz CT molecular complexity index is 855. The first-order valence-corrected chi connectivity index (χ1v) is 8.77. The minimum absolute atomic E-state index is 0.173. The lowest BCUT2D eigenvalue weighted by atomic mass is 9.89. The maximum absolute atomic E-state index is 12.7. The fourth-order valence-electron chi connectivity index (χ4n) is 2.95. The van der Waals surface area contributed by atoms with Gasteiger partial charge in [-0.2, -0.15) is 0 Å². The van der Waals surface area contributed by atoms with Gasteiger partial charge in [-0.25, -0.2) is 9.78 Å². The molecule has 2 heterocycles. The monoisotopic (exact) mass is 349 g/mol. The Balaban J connectivity index is 1.88. The smallest absolute Gasteiger partial charge is 0.413 e. The molecule has 1 aliphatic carbocycles. The van der Waals surface area contributed by atoms with Gasteiger partial charge in [-0.15, -0.1) is 11.3 Å². The molecule has 0 fully saturated rings. The molecular weight excluding hydrogens is 330 g/mol. The number of hydrogen-bond donors (Lipinski definition) is 1. The fraction of sp³-hybridized carbons (Fsp3) is 0.500. The van der Waals surface area contributed by atoms with Gasteiger partial charge in [0, 0.05) is 4.88 Å². The van der Waals surface area contributed by atoms with Crippen LogP contribution in [0.5, 0.6) is 0 Å². The number of aromatic nitrogens is 2. The van der Waals surface area contributed by atoms with E-state index in [-0.39, 0.29) is 18.7 Å². The number of carbonyl (C=O) groups excluding carboxylic acids is 2. The molecule has 2 aromatic heterocycles. The standard InChI is InChI=1S/C16H19N3O4S/c1-3-23-16(22)18-12(20)7-19-8-17-14-13(15(19)21)10-5-4-9(2)6-11(10)24-14/h8-9H,3-7H2,1-2H3,(H,18,20,22)/t9-/m1/s1. The Morgan fingerprint density at radius 2 is 2.29 bits per heavy atom. The van der Waals surface area contributed by atoms with E-state index in [1.807, 2.05) is 0 Å². The minimum Gasteiger partial charge on any atom is -0.450 e. The number of nitrogens with zero attached hydrogens (tertiary/aromatic N) is 2. The highest BCUT2D eigenvalue weighted by Crippen LogP contribution is 2.35. The highest BCUT2D eigenvalue weighted by atomic mass is 32.1. The quantitative estimate of drug-likeness (QED) is 0.913. The van der Waals surface area contributed by atoms with E-state index in [1.165, 1.54) is 15.8 Å². The van der Waals surface area contributed by atoms with Gasteiger partial charge in [0.25, 0.3) is 5.56 Å². The summed E-state index contributed by atoms with van der Waals surface area (Å²) >= 11 is 1.56. The second-order valence-electron chi connectivity index (χ2n) is 5.98. The molecule has 3 rings (SSSR count). The molecular formula is C16H19N3O4S. The van der Waals surface area contributed by atoms with Gasteiger partial charge in [-0.1, -0.05) is 6.92 Å². The summed E-state index contributed by atoms with van der Waals surface area (Å²) in [5, 5.41) is 2.70. The molecule has 0 spiro atoms. The van der Waals surface area contributed by atoms with Gasteiger partial charge in [0.1, 0.15) is 11.4 Å². The van der Waals surface area contributed by atoms with Crippen molar-refractivity contribution >= 4 is 33.6 Å². The van der Waals surface area contributed by atoms with Gasteiger partial charge in [0.05, 0.1) is 18.3 Å². The molecule has 1 atom stereocenters. The molecule has 1 aliphatic rings. The van der Waals surface area contributed by atoms with Gasteiger partial charge >= 0.3 is 6.09 Å². The van der Waals surface area contributed by atoms with Crippen LogP contribution in [0.15, 0.2) is 11.1 Å². The van der Waals surface area contributed by atoms with Crippen molar-refractivity contribution < 1.29 is 14.3 Å². The van der Waals surface area contributed by atoms with E-state index in [9.17, 15) is 14.4 Å². The van der Waals surface area contributed by atoms with Crippen LogP contribution in [0.1, 0.15) is 30.7 Å². The number of rotatable bonds is 3. The predicted octanol–water partition coefficient (Wildman–Crippen LogP) is 1.86. The first-order chi connectivity index (χ1) is 11.5. The van der Waals surface area contributed by atoms with Crippen molar-refractivity contribution in [2.45, 2.75) is 39.7 Å². The normalized spacial score (nSPS) is 16.7. The molecule has 7 nitrogen and oxygen atoms in total. The highest BCUT2D eigenvalue weighted by Gasteiger charge is 2.23. The number of thiophene rings is 1. The third-order valence-corrected chi connectivity index (χ3v) is 5.28. The highest BCUT2D eigenvalue weighted by molar-refractivity contribution is 7.18. The van der Waals surface area contributed by atoms with E-state index in [4.69, 9.17) is 0 Å². The number of aryl methyl sites for hydroxylation is 1. The number of fused-ring (bicyclic) bond motifs is 3. The van der Waals surface area contributed by atoms with Gasteiger partial charge in [0.2, 0.25) is 5.91 Å². The van der Waals surface area contributed by atoms with E-state index in [2.05, 4.69) is 22.0 Å². The van der Waals surface area contributed by atoms with E-state index in [0.29, 0.717) is 11.3 Å². The molecule has 0 aromatic carbocycles. The zero-order valence-corrected chi connectivity index (χ0v) is 14.4. The van der Waals surface area contributed by atoms with Crippen LogP contribution in [0.4, 0.5) is 4.79 Å². The molecule has 1 N–H and O–H groups in total. The summed E-state index contributed by atoms with van der Waals surface area (Å²) in [7, 11) is 0. The molecule has 0 unspecified atom stereocenters. The van der Waals surface area contributed by atoms with Crippen molar-refractivity contribution in [3.05, 3.63) is 27.1 Å². The SMILES string of the molecule is CCOC(=O)NC(=O)Cn1cnc2sc3c(c2c1=O)CC[C@@H](C)C3. The summed E-state index contributed by atoms with van der Waals surface area (Å²) in [4.78, 5) is 42.1. The summed E-state index contributed by atoms with van der Waals surface area (Å²) in [6.45, 7) is 3.76. The van der Waals surface area contributed by atoms with Crippen molar-refractivity contribution in [3.8, 4) is 0 Å². The van der Waals surface area contributed by atoms with Crippen LogP contribution in [-0.4, -0.2) is 28.2 Å². The fourth-order valence-corrected chi connectivity index (χ4v) is 4.29. The third kappa shape index (κ3) is 3.19. The zero-order valence-electron chi connectivity index (χ0n) is 13.6. The summed E-state index contributed by atoms with van der Waals surface area (Å²) in [5.74, 6) is 0.0116. The predicted molar refractivity (Wildman–Crippen MR) is 90.2 cm³/mol. The molecule has 2 aromatic rings. The van der Waals surface area contributed by atoms with E-state index in [0.717, 1.165) is 29.7 Å². The van der Waals surface area contributed by atoms with Crippen LogP contribution in [0.3, 0.4) is 0 Å². The van der Waals surface area contributed by atoms with Crippen LogP contribution in [0.2, 0.25) is 0 Å². The molecule has 0 radical (unpaired) electrons. The topological polar surface area (TPSA) is 90.3 Å². The van der Waals surface area contributed by atoms with Crippen molar-refractivity contribution in [1.29, 1.82) is 0 Å². The van der Waals surface area contributed by atoms with Crippen molar-refractivity contribution in [2.75, 3.05) is 6.61 Å². The van der Waals surface area contributed by atoms with Crippen LogP contribution in [0, 0.1) is 5.92 Å². The number of imide groups is 1. The summed E-state index contributed by atoms with van der Waals surface area (Å²) in [6.07, 6.45) is 3.44.